The van der Waals surface area contributed by atoms with Crippen LogP contribution in [0.25, 0.3) is 0 Å². The summed E-state index contributed by atoms with van der Waals surface area (Å²) in [6.07, 6.45) is 1.59. The van der Waals surface area contributed by atoms with Crippen LogP contribution in [0.1, 0.15) is 52.4 Å². The summed E-state index contributed by atoms with van der Waals surface area (Å²) in [4.78, 5) is 29.7. The molecule has 3 aromatic rings. The minimum absolute atomic E-state index is 0.0113. The van der Waals surface area contributed by atoms with Crippen molar-refractivity contribution in [2.45, 2.75) is 32.4 Å². The van der Waals surface area contributed by atoms with Crippen molar-refractivity contribution in [2.24, 2.45) is 5.92 Å². The fourth-order valence-corrected chi connectivity index (χ4v) is 4.82. The molecule has 1 aliphatic heterocycles. The Morgan fingerprint density at radius 2 is 2.00 bits per heavy atom. The number of carbonyl (C=O) groups excluding carboxylic acids is 2. The molecule has 3 heterocycles. The highest BCUT2D eigenvalue weighted by Crippen LogP contribution is 2.44. The number of fused-ring (bicyclic) bond motifs is 1. The number of furan rings is 1. The summed E-state index contributed by atoms with van der Waals surface area (Å²) in [5.74, 6) is 0.399. The molecule has 2 aromatic heterocycles. The summed E-state index contributed by atoms with van der Waals surface area (Å²) in [5, 5.41) is 5.00. The maximum atomic E-state index is 13.4. The van der Waals surface area contributed by atoms with Crippen LogP contribution in [0.15, 0.2) is 64.6 Å². The molecule has 1 N–H and O–H groups in total. The zero-order valence-corrected chi connectivity index (χ0v) is 17.3. The van der Waals surface area contributed by atoms with E-state index >= 15 is 0 Å². The zero-order valence-electron chi connectivity index (χ0n) is 16.5. The third kappa shape index (κ3) is 3.85. The molecule has 4 rings (SSSR count). The van der Waals surface area contributed by atoms with Crippen LogP contribution in [0.2, 0.25) is 0 Å². The molecule has 1 aromatic carbocycles. The number of amides is 2. The Labute approximate surface area is 174 Å². The largest absolute Gasteiger partial charge is 0.467 e. The van der Waals surface area contributed by atoms with Crippen LogP contribution in [0, 0.1) is 5.92 Å². The van der Waals surface area contributed by atoms with Crippen molar-refractivity contribution in [2.75, 3.05) is 6.54 Å². The van der Waals surface area contributed by atoms with Crippen LogP contribution in [-0.4, -0.2) is 23.3 Å². The van der Waals surface area contributed by atoms with Crippen LogP contribution >= 0.6 is 11.3 Å². The van der Waals surface area contributed by atoms with Crippen molar-refractivity contribution in [3.63, 3.8) is 0 Å². The van der Waals surface area contributed by atoms with Crippen molar-refractivity contribution >= 4 is 23.2 Å². The fraction of sp³-hybridized carbons (Fsp3) is 0.304. The lowest BCUT2D eigenvalue weighted by atomic mass is 9.81. The minimum Gasteiger partial charge on any atom is -0.467 e. The molecule has 1 aliphatic rings. The van der Waals surface area contributed by atoms with Crippen LogP contribution in [0.5, 0.6) is 0 Å². The average Bonchev–Trinajstić information content (AvgIpc) is 3.42. The van der Waals surface area contributed by atoms with Crippen LogP contribution in [0.4, 0.5) is 0 Å². The van der Waals surface area contributed by atoms with Gasteiger partial charge in [0.1, 0.15) is 5.76 Å². The lowest BCUT2D eigenvalue weighted by molar-refractivity contribution is -0.124. The Kier molecular flexibility index (Phi) is 5.53. The summed E-state index contributed by atoms with van der Waals surface area (Å²) in [6.45, 7) is 5.09. The summed E-state index contributed by atoms with van der Waals surface area (Å²) in [7, 11) is 0. The molecule has 6 heteroatoms. The van der Waals surface area contributed by atoms with Gasteiger partial charge in [0, 0.05) is 17.0 Å². The molecular formula is C23H24N2O3S. The van der Waals surface area contributed by atoms with E-state index in [4.69, 9.17) is 4.42 Å². The maximum Gasteiger partial charge on any atom is 0.254 e. The quantitative estimate of drug-likeness (QED) is 0.649. The lowest BCUT2D eigenvalue weighted by Gasteiger charge is -2.42. The number of rotatable bonds is 6. The second-order valence-electron chi connectivity index (χ2n) is 7.67. The predicted octanol–water partition coefficient (Wildman–Crippen LogP) is 4.59. The molecule has 150 valence electrons. The van der Waals surface area contributed by atoms with E-state index in [9.17, 15) is 9.59 Å². The van der Waals surface area contributed by atoms with Gasteiger partial charge in [-0.1, -0.05) is 38.1 Å². The van der Waals surface area contributed by atoms with Crippen molar-refractivity contribution < 1.29 is 14.0 Å². The van der Waals surface area contributed by atoms with Crippen molar-refractivity contribution in [1.29, 1.82) is 0 Å². The van der Waals surface area contributed by atoms with Crippen molar-refractivity contribution in [1.82, 2.24) is 10.2 Å². The van der Waals surface area contributed by atoms with Gasteiger partial charge in [0.2, 0.25) is 5.91 Å². The Hall–Kier alpha value is -2.86. The molecule has 0 saturated heterocycles. The van der Waals surface area contributed by atoms with Gasteiger partial charge < -0.3 is 14.6 Å². The third-order valence-corrected chi connectivity index (χ3v) is 6.08. The summed E-state index contributed by atoms with van der Waals surface area (Å²) in [5.41, 5.74) is 1.40. The second kappa shape index (κ2) is 8.25. The molecule has 0 fully saturated rings. The van der Waals surface area contributed by atoms with E-state index in [-0.39, 0.29) is 17.9 Å². The van der Waals surface area contributed by atoms with E-state index < -0.39 is 5.92 Å². The number of hydrogen-bond acceptors (Lipinski definition) is 4. The average molecular weight is 409 g/mol. The predicted molar refractivity (Wildman–Crippen MR) is 113 cm³/mol. The first-order valence-corrected chi connectivity index (χ1v) is 10.7. The van der Waals surface area contributed by atoms with Gasteiger partial charge >= 0.3 is 0 Å². The third-order valence-electron chi connectivity index (χ3n) is 5.13. The van der Waals surface area contributed by atoms with Gasteiger partial charge in [-0.2, -0.15) is 0 Å². The van der Waals surface area contributed by atoms with Gasteiger partial charge in [0.25, 0.3) is 5.91 Å². The fourth-order valence-electron chi connectivity index (χ4n) is 3.94. The molecule has 5 nitrogen and oxygen atoms in total. The number of carbonyl (C=O) groups is 2. The van der Waals surface area contributed by atoms with Gasteiger partial charge in [-0.3, -0.25) is 9.59 Å². The molecule has 2 amide bonds. The van der Waals surface area contributed by atoms with E-state index in [0.29, 0.717) is 30.3 Å². The summed E-state index contributed by atoms with van der Waals surface area (Å²) in [6, 6.07) is 14.8. The van der Waals surface area contributed by atoms with Crippen molar-refractivity contribution in [3.05, 3.63) is 81.9 Å². The van der Waals surface area contributed by atoms with Crippen LogP contribution in [0.3, 0.4) is 0 Å². The number of thiophene rings is 1. The number of hydrogen-bond donors (Lipinski definition) is 1. The molecule has 0 radical (unpaired) electrons. The van der Waals surface area contributed by atoms with E-state index in [2.05, 4.69) is 19.2 Å². The van der Waals surface area contributed by atoms with E-state index in [1.807, 2.05) is 52.7 Å². The second-order valence-corrected chi connectivity index (χ2v) is 8.65. The maximum absolute atomic E-state index is 13.4. The van der Waals surface area contributed by atoms with Crippen LogP contribution < -0.4 is 5.32 Å². The number of nitrogens with one attached hydrogen (secondary N) is 1. The van der Waals surface area contributed by atoms with E-state index in [0.717, 1.165) is 10.4 Å². The topological polar surface area (TPSA) is 62.6 Å². The number of nitrogens with zero attached hydrogens (tertiary/aromatic N) is 1. The first-order chi connectivity index (χ1) is 14.1. The minimum atomic E-state index is -0.476. The molecule has 0 aliphatic carbocycles. The molecule has 2 atom stereocenters. The van der Waals surface area contributed by atoms with Gasteiger partial charge in [-0.05, 0) is 41.1 Å². The standard InChI is InChI=1S/C23H24N2O3S/c1-15(2)14-25-21(19-10-6-12-29-19)20(17-8-3-4-9-18(17)23(25)27)22(26)24-13-16-7-5-11-28-16/h3-12,15,20-21H,13-14H2,1-2H3,(H,24,26)/t20-,21+/m0/s1. The molecule has 29 heavy (non-hydrogen) atoms. The highest BCUT2D eigenvalue weighted by Gasteiger charge is 2.44. The smallest absolute Gasteiger partial charge is 0.254 e. The first kappa shape index (κ1) is 19.5. The Balaban J connectivity index is 1.76. The molecule has 0 bridgehead atoms. The summed E-state index contributed by atoms with van der Waals surface area (Å²) >= 11 is 1.58. The molecule has 0 spiro atoms. The zero-order chi connectivity index (χ0) is 20.4. The highest BCUT2D eigenvalue weighted by molar-refractivity contribution is 7.10. The normalized spacial score (nSPS) is 18.7. The van der Waals surface area contributed by atoms with Gasteiger partial charge in [0.05, 0.1) is 24.8 Å². The van der Waals surface area contributed by atoms with E-state index in [1.54, 1.807) is 23.7 Å². The lowest BCUT2D eigenvalue weighted by Crippen LogP contribution is -2.48. The number of benzene rings is 1. The van der Waals surface area contributed by atoms with Crippen LogP contribution in [-0.2, 0) is 11.3 Å². The van der Waals surface area contributed by atoms with Crippen molar-refractivity contribution in [3.8, 4) is 0 Å². The van der Waals surface area contributed by atoms with Gasteiger partial charge in [-0.25, -0.2) is 0 Å². The van der Waals surface area contributed by atoms with Gasteiger partial charge in [-0.15, -0.1) is 11.3 Å². The summed E-state index contributed by atoms with van der Waals surface area (Å²) < 4.78 is 5.35. The Bertz CT molecular complexity index is 979. The van der Waals surface area contributed by atoms with Gasteiger partial charge in [0.15, 0.2) is 0 Å². The highest BCUT2D eigenvalue weighted by atomic mass is 32.1. The SMILES string of the molecule is CC(C)CN1C(=O)c2ccccc2[C@H](C(=O)NCc2ccco2)[C@H]1c1cccs1. The Morgan fingerprint density at radius 3 is 2.69 bits per heavy atom. The Morgan fingerprint density at radius 1 is 1.17 bits per heavy atom. The van der Waals surface area contributed by atoms with E-state index in [1.165, 1.54) is 0 Å². The molecule has 0 unspecified atom stereocenters. The molecule has 0 saturated carbocycles. The monoisotopic (exact) mass is 408 g/mol. The molecular weight excluding hydrogens is 384 g/mol. The first-order valence-electron chi connectivity index (χ1n) is 9.79.